The van der Waals surface area contributed by atoms with Gasteiger partial charge in [-0.15, -0.1) is 11.3 Å². The first-order valence-corrected chi connectivity index (χ1v) is 7.94. The van der Waals surface area contributed by atoms with Gasteiger partial charge in [-0.2, -0.15) is 0 Å². The highest BCUT2D eigenvalue weighted by Gasteiger charge is 2.28. The first-order chi connectivity index (χ1) is 8.48. The van der Waals surface area contributed by atoms with Gasteiger partial charge in [-0.25, -0.2) is 4.98 Å². The molecule has 6 heteroatoms. The maximum absolute atomic E-state index is 11.4. The molecule has 0 aliphatic rings. The molecule has 0 saturated carbocycles. The molecule has 1 heterocycles. The molecule has 0 saturated heterocycles. The molecule has 4 nitrogen and oxygen atoms in total. The first kappa shape index (κ1) is 15.5. The van der Waals surface area contributed by atoms with Crippen LogP contribution in [0.3, 0.4) is 0 Å². The van der Waals surface area contributed by atoms with Gasteiger partial charge in [0, 0.05) is 16.8 Å². The normalized spacial score (nSPS) is 14.4. The van der Waals surface area contributed by atoms with E-state index in [2.05, 4.69) is 15.7 Å². The number of nitrogens with two attached hydrogens (primary N) is 1. The van der Waals surface area contributed by atoms with Gasteiger partial charge in [0.15, 0.2) is 0 Å². The second-order valence-electron chi connectivity index (χ2n) is 4.43. The van der Waals surface area contributed by atoms with Crippen LogP contribution in [0.25, 0.3) is 0 Å². The van der Waals surface area contributed by atoms with Crippen LogP contribution in [0.1, 0.15) is 32.4 Å². The van der Waals surface area contributed by atoms with Gasteiger partial charge >= 0.3 is 0 Å². The van der Waals surface area contributed by atoms with Gasteiger partial charge in [-0.3, -0.25) is 4.79 Å². The predicted molar refractivity (Wildman–Crippen MR) is 78.1 cm³/mol. The van der Waals surface area contributed by atoms with Crippen molar-refractivity contribution in [3.63, 3.8) is 0 Å². The Morgan fingerprint density at radius 3 is 2.89 bits per heavy atom. The number of aryl methyl sites for hydroxylation is 1. The van der Waals surface area contributed by atoms with Crippen LogP contribution >= 0.6 is 23.1 Å². The van der Waals surface area contributed by atoms with Gasteiger partial charge in [0.05, 0.1) is 5.54 Å². The third-order valence-electron chi connectivity index (χ3n) is 2.76. The Labute approximate surface area is 117 Å². The fraction of sp³-hybridized carbons (Fsp3) is 0.667. The molecule has 0 radical (unpaired) electrons. The maximum Gasteiger partial charge on any atom is 0.237 e. The van der Waals surface area contributed by atoms with Crippen molar-refractivity contribution >= 4 is 29.0 Å². The maximum atomic E-state index is 11.4. The molecule has 0 fully saturated rings. The molecular weight excluding hydrogens is 266 g/mol. The van der Waals surface area contributed by atoms with E-state index in [1.165, 1.54) is 0 Å². The zero-order valence-electron chi connectivity index (χ0n) is 11.2. The quantitative estimate of drug-likeness (QED) is 0.568. The summed E-state index contributed by atoms with van der Waals surface area (Å²) in [4.78, 5) is 15.8. The molecule has 0 spiro atoms. The molecule has 3 N–H and O–H groups in total. The zero-order chi connectivity index (χ0) is 13.6. The fourth-order valence-electron chi connectivity index (χ4n) is 1.67. The Morgan fingerprint density at radius 2 is 2.39 bits per heavy atom. The van der Waals surface area contributed by atoms with Crippen molar-refractivity contribution in [3.8, 4) is 0 Å². The average molecular weight is 287 g/mol. The van der Waals surface area contributed by atoms with Gasteiger partial charge < -0.3 is 11.1 Å². The number of rotatable bonds is 8. The highest BCUT2D eigenvalue weighted by molar-refractivity contribution is 8.00. The third kappa shape index (κ3) is 4.59. The molecule has 1 unspecified atom stereocenters. The van der Waals surface area contributed by atoms with Crippen molar-refractivity contribution < 1.29 is 4.79 Å². The molecule has 1 amide bonds. The van der Waals surface area contributed by atoms with E-state index in [1.54, 1.807) is 23.1 Å². The lowest BCUT2D eigenvalue weighted by Gasteiger charge is -2.26. The Bertz CT molecular complexity index is 394. The Hall–Kier alpha value is -0.590. The number of nitrogens with one attached hydrogen (secondary N) is 1. The highest BCUT2D eigenvalue weighted by Crippen LogP contribution is 2.24. The smallest absolute Gasteiger partial charge is 0.237 e. The minimum absolute atomic E-state index is 0.278. The average Bonchev–Trinajstić information content (AvgIpc) is 2.71. The van der Waals surface area contributed by atoms with E-state index >= 15 is 0 Å². The lowest BCUT2D eigenvalue weighted by molar-refractivity contribution is -0.124. The van der Waals surface area contributed by atoms with Crippen molar-refractivity contribution in [2.24, 2.45) is 5.73 Å². The summed E-state index contributed by atoms with van der Waals surface area (Å²) in [6.45, 7) is 6.60. The van der Waals surface area contributed by atoms with E-state index in [9.17, 15) is 4.79 Å². The van der Waals surface area contributed by atoms with Crippen LogP contribution in [-0.4, -0.2) is 28.7 Å². The number of hydrogen-bond acceptors (Lipinski definition) is 5. The minimum atomic E-state index is -0.589. The molecule has 0 aliphatic carbocycles. The number of primary amides is 1. The first-order valence-electron chi connectivity index (χ1n) is 6.08. The van der Waals surface area contributed by atoms with Crippen LogP contribution in [0.15, 0.2) is 9.72 Å². The number of amides is 1. The molecule has 0 aromatic carbocycles. The third-order valence-corrected chi connectivity index (χ3v) is 4.98. The van der Waals surface area contributed by atoms with Crippen LogP contribution in [0.4, 0.5) is 0 Å². The molecule has 1 aromatic rings. The summed E-state index contributed by atoms with van der Waals surface area (Å²) in [5.74, 6) is 0.681. The van der Waals surface area contributed by atoms with Gasteiger partial charge in [0.25, 0.3) is 0 Å². The number of carbonyl (C=O) groups excluding carboxylic acids is 1. The fourth-order valence-corrected chi connectivity index (χ4v) is 3.53. The van der Waals surface area contributed by atoms with Gasteiger partial charge in [0.1, 0.15) is 4.34 Å². The number of likely N-dealkylation sites (N-methyl/N-ethyl adjacent to an activating group) is 1. The summed E-state index contributed by atoms with van der Waals surface area (Å²) in [5, 5.41) is 5.21. The molecule has 1 atom stereocenters. The van der Waals surface area contributed by atoms with E-state index in [4.69, 9.17) is 5.73 Å². The van der Waals surface area contributed by atoms with Crippen LogP contribution < -0.4 is 11.1 Å². The molecule has 0 aliphatic heterocycles. The predicted octanol–water partition coefficient (Wildman–Crippen LogP) is 2.18. The second-order valence-corrected chi connectivity index (χ2v) is 6.63. The van der Waals surface area contributed by atoms with Crippen LogP contribution in [0.2, 0.25) is 0 Å². The van der Waals surface area contributed by atoms with Gasteiger partial charge in [-0.1, -0.05) is 18.7 Å². The zero-order valence-corrected chi connectivity index (χ0v) is 12.8. The molecule has 18 heavy (non-hydrogen) atoms. The highest BCUT2D eigenvalue weighted by atomic mass is 32.2. The SMILES string of the molecule is CCNC(C)(CCCSc1nc(C)cs1)C(N)=O. The number of carbonyl (C=O) groups is 1. The Balaban J connectivity index is 2.33. The lowest BCUT2D eigenvalue weighted by Crippen LogP contribution is -2.53. The number of thiazole rings is 1. The number of nitrogens with zero attached hydrogens (tertiary/aromatic N) is 1. The summed E-state index contributed by atoms with van der Waals surface area (Å²) >= 11 is 3.41. The van der Waals surface area contributed by atoms with Crippen LogP contribution in [0.5, 0.6) is 0 Å². The van der Waals surface area contributed by atoms with Gasteiger partial charge in [0.2, 0.25) is 5.91 Å². The van der Waals surface area contributed by atoms with E-state index in [-0.39, 0.29) is 5.91 Å². The van der Waals surface area contributed by atoms with E-state index in [1.807, 2.05) is 20.8 Å². The van der Waals surface area contributed by atoms with Crippen molar-refractivity contribution in [1.29, 1.82) is 0 Å². The largest absolute Gasteiger partial charge is 0.368 e. The van der Waals surface area contributed by atoms with E-state index < -0.39 is 5.54 Å². The standard InChI is InChI=1S/C12H21N3OS2/c1-4-14-12(3,10(13)16)6-5-7-17-11-15-9(2)8-18-11/h8,14H,4-7H2,1-3H3,(H2,13,16). The van der Waals surface area contributed by atoms with Crippen molar-refractivity contribution in [3.05, 3.63) is 11.1 Å². The Morgan fingerprint density at radius 1 is 1.67 bits per heavy atom. The summed E-state index contributed by atoms with van der Waals surface area (Å²) < 4.78 is 1.09. The number of hydrogen-bond donors (Lipinski definition) is 2. The monoisotopic (exact) mass is 287 g/mol. The summed E-state index contributed by atoms with van der Waals surface area (Å²) in [6, 6.07) is 0. The summed E-state index contributed by atoms with van der Waals surface area (Å²) in [7, 11) is 0. The number of thioether (sulfide) groups is 1. The summed E-state index contributed by atoms with van der Waals surface area (Å²) in [5.41, 5.74) is 5.91. The molecule has 1 aromatic heterocycles. The number of aromatic nitrogens is 1. The topological polar surface area (TPSA) is 68.0 Å². The Kier molecular flexibility index (Phi) is 6.11. The molecule has 1 rings (SSSR count). The molecule has 0 bridgehead atoms. The van der Waals surface area contributed by atoms with Crippen molar-refractivity contribution in [1.82, 2.24) is 10.3 Å². The lowest BCUT2D eigenvalue weighted by atomic mass is 9.95. The van der Waals surface area contributed by atoms with Crippen LogP contribution in [0, 0.1) is 6.92 Å². The van der Waals surface area contributed by atoms with Crippen LogP contribution in [-0.2, 0) is 4.79 Å². The minimum Gasteiger partial charge on any atom is -0.368 e. The van der Waals surface area contributed by atoms with Crippen molar-refractivity contribution in [2.45, 2.75) is 43.5 Å². The molecular formula is C12H21N3OS2. The van der Waals surface area contributed by atoms with Crippen molar-refractivity contribution in [2.75, 3.05) is 12.3 Å². The van der Waals surface area contributed by atoms with E-state index in [0.717, 1.165) is 35.2 Å². The second kappa shape index (κ2) is 7.11. The van der Waals surface area contributed by atoms with E-state index in [0.29, 0.717) is 0 Å². The van der Waals surface area contributed by atoms with Gasteiger partial charge in [-0.05, 0) is 33.2 Å². The summed E-state index contributed by atoms with van der Waals surface area (Å²) in [6.07, 6.45) is 1.70. The molecule has 102 valence electrons.